The van der Waals surface area contributed by atoms with E-state index in [4.69, 9.17) is 0 Å². The number of carbonyl (C=O) groups is 1. The first-order chi connectivity index (χ1) is 8.24. The van der Waals surface area contributed by atoms with Crippen LogP contribution in [-0.4, -0.2) is 40.5 Å². The molecule has 2 bridgehead atoms. The lowest BCUT2D eigenvalue weighted by atomic mass is 10.1. The fourth-order valence-corrected chi connectivity index (χ4v) is 2.97. The molecule has 5 heteroatoms. The molecule has 2 saturated heterocycles. The Kier molecular flexibility index (Phi) is 3.97. The zero-order valence-corrected chi connectivity index (χ0v) is 11.4. The Morgan fingerprint density at radius 3 is 2.83 bits per heavy atom. The van der Waals surface area contributed by atoms with E-state index >= 15 is 0 Å². The lowest BCUT2D eigenvalue weighted by molar-refractivity contribution is 0.0738. The van der Waals surface area contributed by atoms with Crippen molar-refractivity contribution in [3.8, 4) is 0 Å². The highest BCUT2D eigenvalue weighted by atomic mass is 35.5. The molecule has 18 heavy (non-hydrogen) atoms. The van der Waals surface area contributed by atoms with Crippen LogP contribution in [0.4, 0.5) is 0 Å². The number of nitrogens with one attached hydrogen (secondary N) is 1. The summed E-state index contributed by atoms with van der Waals surface area (Å²) in [6, 6.07) is 4.96. The lowest BCUT2D eigenvalue weighted by Gasteiger charge is -2.24. The summed E-state index contributed by atoms with van der Waals surface area (Å²) in [4.78, 5) is 14.4. The van der Waals surface area contributed by atoms with Gasteiger partial charge in [-0.3, -0.25) is 4.79 Å². The van der Waals surface area contributed by atoms with Crippen LogP contribution in [0, 0.1) is 0 Å². The minimum absolute atomic E-state index is 0. The molecule has 3 rings (SSSR count). The normalized spacial score (nSPS) is 26.6. The van der Waals surface area contributed by atoms with Crippen molar-refractivity contribution in [2.75, 3.05) is 13.1 Å². The topological polar surface area (TPSA) is 37.3 Å². The van der Waals surface area contributed by atoms with Crippen LogP contribution >= 0.6 is 12.4 Å². The van der Waals surface area contributed by atoms with Crippen LogP contribution in [0.3, 0.4) is 0 Å². The molecule has 1 aromatic rings. The van der Waals surface area contributed by atoms with Gasteiger partial charge in [0.1, 0.15) is 5.69 Å². The minimum Gasteiger partial charge on any atom is -0.347 e. The average Bonchev–Trinajstić information content (AvgIpc) is 2.84. The Hall–Kier alpha value is -1.00. The number of nitrogens with zero attached hydrogens (tertiary/aromatic N) is 2. The number of hydrogen-bond donors (Lipinski definition) is 1. The Balaban J connectivity index is 0.00000120. The number of likely N-dealkylation sites (tertiary alicyclic amines) is 1. The number of amides is 1. The number of rotatable bonds is 1. The molecular formula is C13H20ClN3O. The molecule has 2 aliphatic heterocycles. The Labute approximate surface area is 114 Å². The van der Waals surface area contributed by atoms with Gasteiger partial charge in [0.25, 0.3) is 5.91 Å². The Morgan fingerprint density at radius 2 is 2.11 bits per heavy atom. The van der Waals surface area contributed by atoms with Crippen molar-refractivity contribution in [1.82, 2.24) is 14.8 Å². The first-order valence-corrected chi connectivity index (χ1v) is 6.40. The molecule has 1 amide bonds. The van der Waals surface area contributed by atoms with Crippen LogP contribution in [0.2, 0.25) is 0 Å². The molecular weight excluding hydrogens is 250 g/mol. The number of aryl methyl sites for hydroxylation is 1. The van der Waals surface area contributed by atoms with Crippen molar-refractivity contribution in [3.05, 3.63) is 24.0 Å². The Morgan fingerprint density at radius 1 is 1.33 bits per heavy atom. The lowest BCUT2D eigenvalue weighted by Crippen LogP contribution is -2.39. The molecule has 2 aliphatic rings. The maximum atomic E-state index is 12.4. The van der Waals surface area contributed by atoms with E-state index in [9.17, 15) is 4.79 Å². The fourth-order valence-electron chi connectivity index (χ4n) is 2.97. The third-order valence-electron chi connectivity index (χ3n) is 3.97. The minimum atomic E-state index is 0. The van der Waals surface area contributed by atoms with Crippen LogP contribution in [-0.2, 0) is 7.05 Å². The van der Waals surface area contributed by atoms with E-state index < -0.39 is 0 Å². The zero-order chi connectivity index (χ0) is 11.8. The quantitative estimate of drug-likeness (QED) is 0.837. The summed E-state index contributed by atoms with van der Waals surface area (Å²) in [5.74, 6) is 0.173. The van der Waals surface area contributed by atoms with Gasteiger partial charge >= 0.3 is 0 Å². The summed E-state index contributed by atoms with van der Waals surface area (Å²) >= 11 is 0. The Bertz CT molecular complexity index is 432. The number of fused-ring (bicyclic) bond motifs is 2. The van der Waals surface area contributed by atoms with E-state index in [1.165, 1.54) is 12.8 Å². The third-order valence-corrected chi connectivity index (χ3v) is 3.97. The highest BCUT2D eigenvalue weighted by Gasteiger charge is 2.31. The maximum Gasteiger partial charge on any atom is 0.270 e. The highest BCUT2D eigenvalue weighted by molar-refractivity contribution is 5.92. The van der Waals surface area contributed by atoms with Crippen LogP contribution < -0.4 is 5.32 Å². The molecule has 100 valence electrons. The van der Waals surface area contributed by atoms with E-state index in [1.807, 2.05) is 34.8 Å². The molecule has 1 aromatic heterocycles. The van der Waals surface area contributed by atoms with E-state index in [1.54, 1.807) is 0 Å². The van der Waals surface area contributed by atoms with Crippen molar-refractivity contribution in [2.24, 2.45) is 7.05 Å². The van der Waals surface area contributed by atoms with Crippen LogP contribution in [0.25, 0.3) is 0 Å². The van der Waals surface area contributed by atoms with Crippen LogP contribution in [0.1, 0.15) is 29.8 Å². The van der Waals surface area contributed by atoms with Gasteiger partial charge < -0.3 is 14.8 Å². The first-order valence-electron chi connectivity index (χ1n) is 6.40. The van der Waals surface area contributed by atoms with Gasteiger partial charge in [0, 0.05) is 38.4 Å². The number of halogens is 1. The van der Waals surface area contributed by atoms with Crippen molar-refractivity contribution in [3.63, 3.8) is 0 Å². The molecule has 0 aliphatic carbocycles. The van der Waals surface area contributed by atoms with E-state index in [2.05, 4.69) is 5.32 Å². The second-order valence-corrected chi connectivity index (χ2v) is 5.18. The predicted octanol–water partition coefficient (Wildman–Crippen LogP) is 1.41. The number of aromatic nitrogens is 1. The monoisotopic (exact) mass is 269 g/mol. The van der Waals surface area contributed by atoms with Crippen molar-refractivity contribution < 1.29 is 4.79 Å². The summed E-state index contributed by atoms with van der Waals surface area (Å²) in [6.07, 6.45) is 5.50. The van der Waals surface area contributed by atoms with Gasteiger partial charge in [-0.15, -0.1) is 12.4 Å². The molecule has 2 fully saturated rings. The van der Waals surface area contributed by atoms with Gasteiger partial charge in [-0.2, -0.15) is 0 Å². The fraction of sp³-hybridized carbons (Fsp3) is 0.615. The molecule has 2 unspecified atom stereocenters. The van der Waals surface area contributed by atoms with Gasteiger partial charge in [0.05, 0.1) is 0 Å². The van der Waals surface area contributed by atoms with Crippen molar-refractivity contribution in [2.45, 2.75) is 31.3 Å². The van der Waals surface area contributed by atoms with Crippen LogP contribution in [0.5, 0.6) is 0 Å². The maximum absolute atomic E-state index is 12.4. The van der Waals surface area contributed by atoms with Gasteiger partial charge in [0.15, 0.2) is 0 Å². The molecule has 4 nitrogen and oxygen atoms in total. The SMILES string of the molecule is Cl.Cn1cccc1C(=O)N1CCC2CCC(C1)N2. The van der Waals surface area contributed by atoms with Gasteiger partial charge in [-0.1, -0.05) is 0 Å². The highest BCUT2D eigenvalue weighted by Crippen LogP contribution is 2.21. The molecule has 0 saturated carbocycles. The zero-order valence-electron chi connectivity index (χ0n) is 10.6. The van der Waals surface area contributed by atoms with Crippen molar-refractivity contribution >= 4 is 18.3 Å². The van der Waals surface area contributed by atoms with E-state index in [0.29, 0.717) is 12.1 Å². The molecule has 0 radical (unpaired) electrons. The number of hydrogen-bond acceptors (Lipinski definition) is 2. The van der Waals surface area contributed by atoms with E-state index in [-0.39, 0.29) is 18.3 Å². The van der Waals surface area contributed by atoms with Gasteiger partial charge in [0.2, 0.25) is 0 Å². The third kappa shape index (κ3) is 2.40. The van der Waals surface area contributed by atoms with Crippen LogP contribution in [0.15, 0.2) is 18.3 Å². The summed E-state index contributed by atoms with van der Waals surface area (Å²) in [7, 11) is 1.93. The van der Waals surface area contributed by atoms with Crippen molar-refractivity contribution in [1.29, 1.82) is 0 Å². The molecule has 0 aromatic carbocycles. The second kappa shape index (κ2) is 5.33. The van der Waals surface area contributed by atoms with Gasteiger partial charge in [-0.05, 0) is 31.4 Å². The first kappa shape index (κ1) is 13.4. The molecule has 1 N–H and O–H groups in total. The smallest absolute Gasteiger partial charge is 0.270 e. The summed E-state index contributed by atoms with van der Waals surface area (Å²) in [5.41, 5.74) is 0.794. The average molecular weight is 270 g/mol. The summed E-state index contributed by atoms with van der Waals surface area (Å²) in [6.45, 7) is 1.75. The molecule has 3 heterocycles. The number of carbonyl (C=O) groups excluding carboxylic acids is 1. The molecule has 0 spiro atoms. The summed E-state index contributed by atoms with van der Waals surface area (Å²) in [5, 5.41) is 3.60. The van der Waals surface area contributed by atoms with E-state index in [0.717, 1.165) is 25.2 Å². The largest absolute Gasteiger partial charge is 0.347 e. The second-order valence-electron chi connectivity index (χ2n) is 5.18. The standard InChI is InChI=1S/C13H19N3O.ClH/c1-15-7-2-3-12(15)13(17)16-8-6-10-4-5-11(9-16)14-10;/h2-3,7,10-11,14H,4-6,8-9H2,1H3;1H. The predicted molar refractivity (Wildman–Crippen MR) is 73.1 cm³/mol. The molecule has 2 atom stereocenters. The van der Waals surface area contributed by atoms with Gasteiger partial charge in [-0.25, -0.2) is 0 Å². The summed E-state index contributed by atoms with van der Waals surface area (Å²) < 4.78 is 1.90.